The van der Waals surface area contributed by atoms with Gasteiger partial charge in [0, 0.05) is 12.8 Å². The van der Waals surface area contributed by atoms with Crippen LogP contribution in [0.1, 0.15) is 57.4 Å². The van der Waals surface area contributed by atoms with Crippen molar-refractivity contribution < 1.29 is 28.7 Å². The zero-order valence-electron chi connectivity index (χ0n) is 17.0. The quantitative estimate of drug-likeness (QED) is 0.552. The molecular weight excluding hydrogens is 432 g/mol. The maximum atomic E-state index is 12.1. The van der Waals surface area contributed by atoms with Crippen LogP contribution in [-0.2, 0) is 19.1 Å². The van der Waals surface area contributed by atoms with E-state index in [4.69, 9.17) is 9.47 Å². The van der Waals surface area contributed by atoms with Crippen molar-refractivity contribution in [3.63, 3.8) is 0 Å². The minimum atomic E-state index is -0.492. The van der Waals surface area contributed by atoms with Crippen LogP contribution in [-0.4, -0.2) is 46.9 Å². The molecule has 0 fully saturated rings. The Morgan fingerprint density at radius 2 is 1.13 bits per heavy atom. The minimum absolute atomic E-state index is 0.0890. The largest absolute Gasteiger partial charge is 0.462 e. The highest BCUT2D eigenvalue weighted by Gasteiger charge is 2.19. The molecule has 2 amide bonds. The average molecular weight is 455 g/mol. The van der Waals surface area contributed by atoms with E-state index in [1.165, 1.54) is 0 Å². The number of carbonyl (C=O) groups excluding carboxylic acids is 4. The van der Waals surface area contributed by atoms with Crippen molar-refractivity contribution >= 4 is 56.7 Å². The standard InChI is InChI=1S/C18H22N4O6S2/c1-5-27-15(25)13-9(3)19-17(29-13)21-11(23)7-8-12(24)22-18-20-10(4)14(30-18)16(26)28-6-2/h5-8H2,1-4H3,(H,19,21,23)(H,20,22,24). The number of aryl methyl sites for hydroxylation is 2. The molecule has 0 saturated heterocycles. The lowest BCUT2D eigenvalue weighted by molar-refractivity contribution is -0.121. The number of nitrogens with zero attached hydrogens (tertiary/aromatic N) is 2. The third-order valence-electron chi connectivity index (χ3n) is 3.59. The predicted octanol–water partition coefficient (Wildman–Crippen LogP) is 2.93. The van der Waals surface area contributed by atoms with Crippen LogP contribution < -0.4 is 10.6 Å². The number of hydrogen-bond acceptors (Lipinski definition) is 10. The maximum Gasteiger partial charge on any atom is 0.350 e. The van der Waals surface area contributed by atoms with Crippen molar-refractivity contribution in [1.82, 2.24) is 9.97 Å². The topological polar surface area (TPSA) is 137 Å². The molecule has 2 N–H and O–H groups in total. The van der Waals surface area contributed by atoms with Gasteiger partial charge in [0.1, 0.15) is 9.75 Å². The van der Waals surface area contributed by atoms with E-state index in [-0.39, 0.29) is 36.3 Å². The van der Waals surface area contributed by atoms with Crippen LogP contribution in [0.5, 0.6) is 0 Å². The maximum absolute atomic E-state index is 12.1. The summed E-state index contributed by atoms with van der Waals surface area (Å²) >= 11 is 2.03. The summed E-state index contributed by atoms with van der Waals surface area (Å²) < 4.78 is 9.87. The SMILES string of the molecule is CCOC(=O)c1sc(NC(=O)CCC(=O)Nc2nc(C)c(C(=O)OCC)s2)nc1C. The molecule has 2 rings (SSSR count). The fourth-order valence-electron chi connectivity index (χ4n) is 2.26. The third-order valence-corrected chi connectivity index (χ3v) is 5.69. The first-order valence-electron chi connectivity index (χ1n) is 9.13. The van der Waals surface area contributed by atoms with E-state index < -0.39 is 23.8 Å². The van der Waals surface area contributed by atoms with Gasteiger partial charge in [0.2, 0.25) is 11.8 Å². The summed E-state index contributed by atoms with van der Waals surface area (Å²) in [6.45, 7) is 7.18. The second kappa shape index (κ2) is 10.8. The number of aromatic nitrogens is 2. The summed E-state index contributed by atoms with van der Waals surface area (Å²) in [4.78, 5) is 56.7. The van der Waals surface area contributed by atoms with Crippen molar-refractivity contribution in [3.05, 3.63) is 21.1 Å². The molecule has 12 heteroatoms. The van der Waals surface area contributed by atoms with Crippen LogP contribution in [0.25, 0.3) is 0 Å². The monoisotopic (exact) mass is 454 g/mol. The number of carbonyl (C=O) groups is 4. The number of amides is 2. The van der Waals surface area contributed by atoms with E-state index in [2.05, 4.69) is 20.6 Å². The van der Waals surface area contributed by atoms with Gasteiger partial charge in [-0.25, -0.2) is 19.6 Å². The van der Waals surface area contributed by atoms with Crippen molar-refractivity contribution in [2.45, 2.75) is 40.5 Å². The van der Waals surface area contributed by atoms with Gasteiger partial charge in [0.25, 0.3) is 0 Å². The van der Waals surface area contributed by atoms with Crippen LogP contribution in [0.15, 0.2) is 0 Å². The zero-order chi connectivity index (χ0) is 22.3. The van der Waals surface area contributed by atoms with Crippen LogP contribution >= 0.6 is 22.7 Å². The second-order valence-electron chi connectivity index (χ2n) is 5.90. The summed E-state index contributed by atoms with van der Waals surface area (Å²) in [6, 6.07) is 0. The fraction of sp³-hybridized carbons (Fsp3) is 0.444. The highest BCUT2D eigenvalue weighted by atomic mass is 32.1. The van der Waals surface area contributed by atoms with Crippen LogP contribution in [0.2, 0.25) is 0 Å². The molecule has 2 heterocycles. The van der Waals surface area contributed by atoms with Gasteiger partial charge in [-0.15, -0.1) is 0 Å². The molecule has 0 spiro atoms. The number of ether oxygens (including phenoxy) is 2. The molecule has 0 aliphatic heterocycles. The Bertz CT molecular complexity index is 876. The van der Waals surface area contributed by atoms with Gasteiger partial charge in [-0.05, 0) is 27.7 Å². The Morgan fingerprint density at radius 3 is 1.47 bits per heavy atom. The van der Waals surface area contributed by atoms with E-state index in [9.17, 15) is 19.2 Å². The van der Waals surface area contributed by atoms with Crippen LogP contribution in [0.3, 0.4) is 0 Å². The smallest absolute Gasteiger partial charge is 0.350 e. The molecule has 162 valence electrons. The number of thiazole rings is 2. The number of esters is 2. The van der Waals surface area contributed by atoms with Gasteiger partial charge in [0.15, 0.2) is 10.3 Å². The Labute approximate surface area is 181 Å². The highest BCUT2D eigenvalue weighted by Crippen LogP contribution is 2.25. The van der Waals surface area contributed by atoms with Gasteiger partial charge in [-0.3, -0.25) is 9.59 Å². The lowest BCUT2D eigenvalue weighted by Gasteiger charge is -2.02. The van der Waals surface area contributed by atoms with E-state index in [1.807, 2.05) is 0 Å². The first kappa shape index (κ1) is 23.4. The summed E-state index contributed by atoms with van der Waals surface area (Å²) in [6.07, 6.45) is -0.178. The summed E-state index contributed by atoms with van der Waals surface area (Å²) in [5.74, 6) is -1.82. The molecule has 30 heavy (non-hydrogen) atoms. The Kier molecular flexibility index (Phi) is 8.42. The van der Waals surface area contributed by atoms with E-state index in [0.29, 0.717) is 21.1 Å². The van der Waals surface area contributed by atoms with Crippen molar-refractivity contribution in [2.75, 3.05) is 23.8 Å². The summed E-state index contributed by atoms with van der Waals surface area (Å²) in [7, 11) is 0. The molecule has 2 aromatic heterocycles. The Balaban J connectivity index is 1.86. The average Bonchev–Trinajstić information content (AvgIpc) is 3.22. The van der Waals surface area contributed by atoms with E-state index in [1.54, 1.807) is 27.7 Å². The molecular formula is C18H22N4O6S2. The minimum Gasteiger partial charge on any atom is -0.462 e. The Hall–Kier alpha value is -2.86. The van der Waals surface area contributed by atoms with Gasteiger partial charge < -0.3 is 20.1 Å². The summed E-state index contributed by atoms with van der Waals surface area (Å²) in [5, 5.41) is 5.66. The molecule has 0 aliphatic carbocycles. The number of nitrogens with one attached hydrogen (secondary N) is 2. The molecule has 0 saturated carbocycles. The second-order valence-corrected chi connectivity index (χ2v) is 7.90. The van der Waals surface area contributed by atoms with E-state index >= 15 is 0 Å². The van der Waals surface area contributed by atoms with Crippen LogP contribution in [0.4, 0.5) is 10.3 Å². The lowest BCUT2D eigenvalue weighted by Crippen LogP contribution is -2.17. The number of rotatable bonds is 9. The van der Waals surface area contributed by atoms with Crippen LogP contribution in [0, 0.1) is 13.8 Å². The third kappa shape index (κ3) is 6.32. The molecule has 0 radical (unpaired) electrons. The van der Waals surface area contributed by atoms with Gasteiger partial charge >= 0.3 is 11.9 Å². The van der Waals surface area contributed by atoms with Gasteiger partial charge in [-0.2, -0.15) is 0 Å². The lowest BCUT2D eigenvalue weighted by atomic mass is 10.3. The zero-order valence-corrected chi connectivity index (χ0v) is 18.6. The normalized spacial score (nSPS) is 10.4. The molecule has 2 aromatic rings. The van der Waals surface area contributed by atoms with Crippen molar-refractivity contribution in [1.29, 1.82) is 0 Å². The highest BCUT2D eigenvalue weighted by molar-refractivity contribution is 7.18. The van der Waals surface area contributed by atoms with Gasteiger partial charge in [-0.1, -0.05) is 22.7 Å². The molecule has 0 unspecified atom stereocenters. The predicted molar refractivity (Wildman–Crippen MR) is 112 cm³/mol. The number of hydrogen-bond donors (Lipinski definition) is 2. The van der Waals surface area contributed by atoms with E-state index in [0.717, 1.165) is 22.7 Å². The fourth-order valence-corrected chi connectivity index (χ4v) is 4.02. The molecule has 0 aliphatic rings. The first-order valence-corrected chi connectivity index (χ1v) is 10.8. The van der Waals surface area contributed by atoms with Crippen molar-refractivity contribution in [2.24, 2.45) is 0 Å². The number of anilines is 2. The van der Waals surface area contributed by atoms with Gasteiger partial charge in [0.05, 0.1) is 24.6 Å². The Morgan fingerprint density at radius 1 is 0.767 bits per heavy atom. The van der Waals surface area contributed by atoms with Crippen molar-refractivity contribution in [3.8, 4) is 0 Å². The molecule has 0 bridgehead atoms. The first-order chi connectivity index (χ1) is 14.2. The molecule has 0 aromatic carbocycles. The summed E-state index contributed by atoms with van der Waals surface area (Å²) in [5.41, 5.74) is 0.922. The molecule has 0 atom stereocenters. The molecule has 10 nitrogen and oxygen atoms in total.